The molecule has 188 valence electrons. The fraction of sp³-hybridized carbons (Fsp3) is 0.407. The molecule has 0 aliphatic carbocycles. The van der Waals surface area contributed by atoms with Crippen molar-refractivity contribution in [1.82, 2.24) is 10.3 Å². The van der Waals surface area contributed by atoms with Gasteiger partial charge in [0, 0.05) is 16.8 Å². The summed E-state index contributed by atoms with van der Waals surface area (Å²) in [5.74, 6) is 0.720. The zero-order valence-electron chi connectivity index (χ0n) is 21.5. The predicted molar refractivity (Wildman–Crippen MR) is 149 cm³/mol. The van der Waals surface area contributed by atoms with Crippen LogP contribution in [-0.4, -0.2) is 30.0 Å². The smallest absolute Gasteiger partial charge is 0.229 e. The highest BCUT2D eigenvalue weighted by Crippen LogP contribution is 2.41. The molecule has 3 rings (SSSR count). The zero-order valence-corrected chi connectivity index (χ0v) is 23.1. The maximum Gasteiger partial charge on any atom is 0.229 e. The molecule has 8 heteroatoms. The third kappa shape index (κ3) is 6.84. The van der Waals surface area contributed by atoms with E-state index in [0.29, 0.717) is 13.0 Å². The van der Waals surface area contributed by atoms with Gasteiger partial charge in [-0.15, -0.1) is 0 Å². The lowest BCUT2D eigenvalue weighted by atomic mass is 10.1. The number of aromatic nitrogens is 1. The first kappa shape index (κ1) is 27.2. The third-order valence-corrected chi connectivity index (χ3v) is 8.53. The monoisotopic (exact) mass is 512 g/mol. The first-order chi connectivity index (χ1) is 16.8. The molecule has 0 saturated heterocycles. The van der Waals surface area contributed by atoms with Gasteiger partial charge in [0.05, 0.1) is 35.6 Å². The Bertz CT molecular complexity index is 1110. The number of pyridine rings is 1. The third-order valence-electron chi connectivity index (χ3n) is 5.97. The van der Waals surface area contributed by atoms with Crippen molar-refractivity contribution < 1.29 is 9.53 Å². The molecule has 35 heavy (non-hydrogen) atoms. The highest BCUT2D eigenvalue weighted by molar-refractivity contribution is 8.11. The molecule has 2 aromatic rings. The van der Waals surface area contributed by atoms with Crippen LogP contribution in [0.2, 0.25) is 0 Å². The summed E-state index contributed by atoms with van der Waals surface area (Å²) in [6.45, 7) is 11.0. The Morgan fingerprint density at radius 2 is 1.91 bits per heavy atom. The van der Waals surface area contributed by atoms with E-state index in [1.54, 1.807) is 29.7 Å². The van der Waals surface area contributed by atoms with Crippen molar-refractivity contribution in [3.8, 4) is 5.75 Å². The van der Waals surface area contributed by atoms with E-state index in [4.69, 9.17) is 10.5 Å². The summed E-state index contributed by atoms with van der Waals surface area (Å²) in [7, 11) is 1.99. The summed E-state index contributed by atoms with van der Waals surface area (Å²) in [5.41, 5.74) is 11.4. The zero-order chi connectivity index (χ0) is 25.5. The molecule has 0 spiro atoms. The molecule has 0 fully saturated rings. The molecule has 3 N–H and O–H groups in total. The molecule has 1 atom stereocenters. The second kappa shape index (κ2) is 12.5. The Kier molecular flexibility index (Phi) is 9.71. The van der Waals surface area contributed by atoms with Gasteiger partial charge in [0.25, 0.3) is 0 Å². The number of benzene rings is 1. The summed E-state index contributed by atoms with van der Waals surface area (Å²) < 4.78 is 5.55. The van der Waals surface area contributed by atoms with E-state index in [1.807, 2.05) is 43.1 Å². The molecule has 0 saturated carbocycles. The standard InChI is InChI=1S/C27H36N4O2S2/c1-7-17(4)25(21-12-11-20(16-29-21)33-9-3)35-26(18(5)8-2)30-24(32)15-19-10-13-22-23(14-19)34-27(28)31(22)6/h10-14,16,27H,7-9,15,28H2,1-6H3,(H,30,32)/b25-17-,26-18+. The average molecular weight is 513 g/mol. The van der Waals surface area contributed by atoms with Crippen molar-refractivity contribution in [3.05, 3.63) is 64.0 Å². The SMILES string of the molecule is CCOc1ccc(/C(S/C(NC(=O)Cc2ccc3c(c2)SC(N)N3C)=C(\C)CC)=C(\C)CC)nc1. The van der Waals surface area contributed by atoms with Crippen LogP contribution in [0.5, 0.6) is 5.75 Å². The Balaban J connectivity index is 1.78. The van der Waals surface area contributed by atoms with Crippen molar-refractivity contribution in [1.29, 1.82) is 0 Å². The lowest BCUT2D eigenvalue weighted by Crippen LogP contribution is -2.32. The molecule has 0 bridgehead atoms. The molecular formula is C27H36N4O2S2. The number of carbonyl (C=O) groups is 1. The molecule has 6 nitrogen and oxygen atoms in total. The quantitative estimate of drug-likeness (QED) is 0.396. The highest BCUT2D eigenvalue weighted by Gasteiger charge is 2.24. The van der Waals surface area contributed by atoms with Crippen LogP contribution >= 0.6 is 23.5 Å². The van der Waals surface area contributed by atoms with E-state index in [1.165, 1.54) is 5.57 Å². The van der Waals surface area contributed by atoms with E-state index in [9.17, 15) is 4.79 Å². The summed E-state index contributed by atoms with van der Waals surface area (Å²) in [6, 6.07) is 10.1. The van der Waals surface area contributed by atoms with Crippen molar-refractivity contribution in [3.63, 3.8) is 0 Å². The van der Waals surface area contributed by atoms with Crippen LogP contribution < -0.4 is 20.7 Å². The predicted octanol–water partition coefficient (Wildman–Crippen LogP) is 6.14. The second-order valence-electron chi connectivity index (χ2n) is 8.49. The number of thioether (sulfide) groups is 2. The first-order valence-corrected chi connectivity index (χ1v) is 13.7. The Morgan fingerprint density at radius 3 is 2.54 bits per heavy atom. The van der Waals surface area contributed by atoms with Crippen LogP contribution in [0.25, 0.3) is 4.91 Å². The number of ether oxygens (including phenoxy) is 1. The summed E-state index contributed by atoms with van der Waals surface area (Å²) >= 11 is 3.20. The van der Waals surface area contributed by atoms with Crippen LogP contribution in [0.4, 0.5) is 5.69 Å². The van der Waals surface area contributed by atoms with E-state index in [-0.39, 0.29) is 11.4 Å². The van der Waals surface area contributed by atoms with Gasteiger partial charge in [0.2, 0.25) is 5.91 Å². The van der Waals surface area contributed by atoms with Crippen LogP contribution in [0.15, 0.2) is 57.6 Å². The van der Waals surface area contributed by atoms with Gasteiger partial charge in [-0.1, -0.05) is 49.0 Å². The number of hydrogen-bond donors (Lipinski definition) is 2. The fourth-order valence-corrected chi connectivity index (χ4v) is 5.84. The summed E-state index contributed by atoms with van der Waals surface area (Å²) in [4.78, 5) is 22.0. The van der Waals surface area contributed by atoms with E-state index >= 15 is 0 Å². The van der Waals surface area contributed by atoms with Gasteiger partial charge in [0.15, 0.2) is 0 Å². The van der Waals surface area contributed by atoms with Gasteiger partial charge in [-0.2, -0.15) is 0 Å². The van der Waals surface area contributed by atoms with Crippen LogP contribution in [-0.2, 0) is 11.2 Å². The largest absolute Gasteiger partial charge is 0.492 e. The van der Waals surface area contributed by atoms with Crippen LogP contribution in [0.1, 0.15) is 58.7 Å². The van der Waals surface area contributed by atoms with Crippen molar-refractivity contribution in [2.45, 2.75) is 64.3 Å². The number of carbonyl (C=O) groups excluding carboxylic acids is 1. The lowest BCUT2D eigenvalue weighted by molar-refractivity contribution is -0.119. The second-order valence-corrected chi connectivity index (χ2v) is 10.7. The van der Waals surface area contributed by atoms with Crippen LogP contribution in [0, 0.1) is 0 Å². The number of nitrogens with two attached hydrogens (primary N) is 1. The Morgan fingerprint density at radius 1 is 1.17 bits per heavy atom. The number of rotatable bonds is 10. The number of amides is 1. The van der Waals surface area contributed by atoms with Crippen molar-refractivity contribution >= 4 is 40.0 Å². The molecule has 1 unspecified atom stereocenters. The van der Waals surface area contributed by atoms with Gasteiger partial charge in [0.1, 0.15) is 11.2 Å². The number of nitrogens with one attached hydrogen (secondary N) is 1. The normalized spacial score (nSPS) is 16.4. The molecule has 1 amide bonds. The summed E-state index contributed by atoms with van der Waals surface area (Å²) in [5, 5.41) is 4.06. The maximum absolute atomic E-state index is 13.1. The Labute approximate surface area is 217 Å². The molecule has 2 heterocycles. The summed E-state index contributed by atoms with van der Waals surface area (Å²) in [6.07, 6.45) is 3.80. The van der Waals surface area contributed by atoms with E-state index in [0.717, 1.165) is 55.9 Å². The number of nitrogens with zero attached hydrogens (tertiary/aromatic N) is 2. The minimum Gasteiger partial charge on any atom is -0.492 e. The molecule has 1 aliphatic rings. The van der Waals surface area contributed by atoms with Gasteiger partial charge in [-0.25, -0.2) is 0 Å². The molecule has 1 aliphatic heterocycles. The van der Waals surface area contributed by atoms with E-state index < -0.39 is 0 Å². The average Bonchev–Trinajstić information content (AvgIpc) is 3.14. The first-order valence-electron chi connectivity index (χ1n) is 12.0. The molecule has 0 radical (unpaired) electrons. The maximum atomic E-state index is 13.1. The fourth-order valence-electron chi connectivity index (χ4n) is 3.52. The van der Waals surface area contributed by atoms with E-state index in [2.05, 4.69) is 44.1 Å². The number of allylic oxidation sites excluding steroid dienone is 2. The molecular weight excluding hydrogens is 476 g/mol. The topological polar surface area (TPSA) is 80.5 Å². The minimum atomic E-state index is -0.0876. The minimum absolute atomic E-state index is 0.0333. The molecule has 1 aromatic heterocycles. The van der Waals surface area contributed by atoms with Gasteiger partial charge >= 0.3 is 0 Å². The number of hydrogen-bond acceptors (Lipinski definition) is 7. The number of anilines is 1. The Hall–Kier alpha value is -2.42. The van der Waals surface area contributed by atoms with Crippen LogP contribution in [0.3, 0.4) is 0 Å². The van der Waals surface area contributed by atoms with Crippen molar-refractivity contribution in [2.24, 2.45) is 5.73 Å². The van der Waals surface area contributed by atoms with Gasteiger partial charge in [-0.3, -0.25) is 9.78 Å². The van der Waals surface area contributed by atoms with Gasteiger partial charge in [-0.05, 0) is 69.0 Å². The highest BCUT2D eigenvalue weighted by atomic mass is 32.2. The van der Waals surface area contributed by atoms with Gasteiger partial charge < -0.3 is 20.7 Å². The lowest BCUT2D eigenvalue weighted by Gasteiger charge is -2.17. The molecule has 1 aromatic carbocycles. The number of fused-ring (bicyclic) bond motifs is 1. The van der Waals surface area contributed by atoms with Crippen molar-refractivity contribution in [2.75, 3.05) is 18.6 Å².